The van der Waals surface area contributed by atoms with Crippen molar-refractivity contribution in [2.24, 2.45) is 5.41 Å². The number of anilines is 1. The second kappa shape index (κ2) is 7.80. The van der Waals surface area contributed by atoms with E-state index >= 15 is 0 Å². The topological polar surface area (TPSA) is 55.6 Å². The summed E-state index contributed by atoms with van der Waals surface area (Å²) in [5, 5.41) is 2.98. The van der Waals surface area contributed by atoms with Crippen LogP contribution in [0.25, 0.3) is 4.85 Å². The lowest BCUT2D eigenvalue weighted by Gasteiger charge is -2.34. The Hall–Kier alpha value is -1.87. The number of aromatic nitrogens is 1. The van der Waals surface area contributed by atoms with E-state index in [-0.39, 0.29) is 40.5 Å². The fraction of sp³-hybridized carbons (Fsp3) is 0.588. The lowest BCUT2D eigenvalue weighted by Crippen LogP contribution is -2.39. The summed E-state index contributed by atoms with van der Waals surface area (Å²) >= 11 is 5.91. The minimum absolute atomic E-state index is 0.0326. The third kappa shape index (κ3) is 4.15. The van der Waals surface area contributed by atoms with E-state index in [4.69, 9.17) is 22.9 Å². The molecule has 2 rings (SSSR count). The number of nitrogens with one attached hydrogen (secondary N) is 1. The van der Waals surface area contributed by atoms with Gasteiger partial charge in [-0.3, -0.25) is 4.79 Å². The molecule has 0 radical (unpaired) electrons. The maximum absolute atomic E-state index is 14.2. The highest BCUT2D eigenvalue weighted by Crippen LogP contribution is 2.43. The molecule has 0 amide bonds. The molecule has 1 aliphatic rings. The second-order valence-electron chi connectivity index (χ2n) is 6.31. The Bertz CT molecular complexity index is 654. The average Bonchev–Trinajstić information content (AvgIpc) is 2.98. The van der Waals surface area contributed by atoms with Gasteiger partial charge in [0.25, 0.3) is 0 Å². The summed E-state index contributed by atoms with van der Waals surface area (Å²) < 4.78 is 19.3. The second-order valence-corrected chi connectivity index (χ2v) is 6.67. The highest BCUT2D eigenvalue weighted by Gasteiger charge is 2.39. The SMILES string of the molecule is [C-]#[N+]c1cc(F)c(N[C@H](CC(=O)OCC)C2(C)CCCC2)nc1Cl. The standard InChI is InChI=1S/C17H21ClFN3O2/c1-4-24-14(23)10-13(17(2)7-5-6-8-17)21-16-11(19)9-12(20-3)15(18)22-16/h9,13H,4-8,10H2,1-2H3,(H,21,22)/t13-/m1/s1. The van der Waals surface area contributed by atoms with E-state index in [0.717, 1.165) is 31.7 Å². The molecule has 1 aliphatic carbocycles. The predicted octanol–water partition coefficient (Wildman–Crippen LogP) is 4.74. The van der Waals surface area contributed by atoms with Gasteiger partial charge < -0.3 is 10.1 Å². The Balaban J connectivity index is 2.26. The minimum Gasteiger partial charge on any atom is -0.466 e. The fourth-order valence-electron chi connectivity index (χ4n) is 3.19. The Kier molecular flexibility index (Phi) is 6.00. The number of nitrogens with zero attached hydrogens (tertiary/aromatic N) is 2. The lowest BCUT2D eigenvalue weighted by atomic mass is 9.79. The molecule has 1 heterocycles. The molecule has 5 nitrogen and oxygen atoms in total. The van der Waals surface area contributed by atoms with Crippen molar-refractivity contribution in [3.8, 4) is 0 Å². The van der Waals surface area contributed by atoms with Crippen LogP contribution in [0.2, 0.25) is 5.15 Å². The fourth-order valence-corrected chi connectivity index (χ4v) is 3.37. The van der Waals surface area contributed by atoms with Gasteiger partial charge in [0, 0.05) is 6.04 Å². The van der Waals surface area contributed by atoms with Crippen LogP contribution >= 0.6 is 11.6 Å². The van der Waals surface area contributed by atoms with Crippen molar-refractivity contribution < 1.29 is 13.9 Å². The first-order chi connectivity index (χ1) is 11.4. The summed E-state index contributed by atoms with van der Waals surface area (Å²) in [4.78, 5) is 19.0. The van der Waals surface area contributed by atoms with Gasteiger partial charge in [-0.2, -0.15) is 0 Å². The third-order valence-corrected chi connectivity index (χ3v) is 4.88. The van der Waals surface area contributed by atoms with E-state index in [9.17, 15) is 9.18 Å². The number of hydrogen-bond donors (Lipinski definition) is 1. The highest BCUT2D eigenvalue weighted by atomic mass is 35.5. The molecule has 1 saturated carbocycles. The molecule has 0 saturated heterocycles. The number of carbonyl (C=O) groups excluding carboxylic acids is 1. The zero-order valence-electron chi connectivity index (χ0n) is 13.9. The van der Waals surface area contributed by atoms with Gasteiger partial charge in [0.05, 0.1) is 19.6 Å². The van der Waals surface area contributed by atoms with E-state index < -0.39 is 5.82 Å². The van der Waals surface area contributed by atoms with Crippen LogP contribution in [-0.4, -0.2) is 23.6 Å². The van der Waals surface area contributed by atoms with Gasteiger partial charge >= 0.3 is 5.97 Å². The van der Waals surface area contributed by atoms with E-state index in [1.807, 2.05) is 0 Å². The molecule has 0 unspecified atom stereocenters. The van der Waals surface area contributed by atoms with Crippen LogP contribution in [-0.2, 0) is 9.53 Å². The van der Waals surface area contributed by atoms with Crippen molar-refractivity contribution in [2.45, 2.75) is 52.0 Å². The number of halogens is 2. The van der Waals surface area contributed by atoms with E-state index in [0.29, 0.717) is 6.61 Å². The number of carbonyl (C=O) groups is 1. The average molecular weight is 354 g/mol. The molecule has 1 atom stereocenters. The molecule has 0 aromatic carbocycles. The number of ether oxygens (including phenoxy) is 1. The molecule has 7 heteroatoms. The monoisotopic (exact) mass is 353 g/mol. The first-order valence-electron chi connectivity index (χ1n) is 8.05. The van der Waals surface area contributed by atoms with E-state index in [1.54, 1.807) is 6.92 Å². The summed E-state index contributed by atoms with van der Waals surface area (Å²) in [6.07, 6.45) is 4.17. The van der Waals surface area contributed by atoms with Gasteiger partial charge in [0.1, 0.15) is 5.15 Å². The van der Waals surface area contributed by atoms with Crippen LogP contribution in [0.15, 0.2) is 6.07 Å². The van der Waals surface area contributed by atoms with Crippen molar-refractivity contribution in [3.05, 3.63) is 28.5 Å². The molecule has 1 fully saturated rings. The van der Waals surface area contributed by atoms with Crippen molar-refractivity contribution >= 4 is 29.1 Å². The summed E-state index contributed by atoms with van der Waals surface area (Å²) in [6.45, 7) is 11.1. The first-order valence-corrected chi connectivity index (χ1v) is 8.43. The largest absolute Gasteiger partial charge is 0.466 e. The number of rotatable bonds is 6. The van der Waals surface area contributed by atoms with Crippen molar-refractivity contribution in [2.75, 3.05) is 11.9 Å². The summed E-state index contributed by atoms with van der Waals surface area (Å²) in [7, 11) is 0. The van der Waals surface area contributed by atoms with Crippen LogP contribution in [0, 0.1) is 17.8 Å². The normalized spacial score (nSPS) is 17.1. The molecule has 24 heavy (non-hydrogen) atoms. The van der Waals surface area contributed by atoms with Crippen LogP contribution in [0.3, 0.4) is 0 Å². The Labute approximate surface area is 146 Å². The van der Waals surface area contributed by atoms with Gasteiger partial charge in [-0.15, -0.1) is 0 Å². The number of hydrogen-bond acceptors (Lipinski definition) is 4. The van der Waals surface area contributed by atoms with Crippen LogP contribution in [0.4, 0.5) is 15.9 Å². The zero-order valence-corrected chi connectivity index (χ0v) is 14.6. The van der Waals surface area contributed by atoms with Gasteiger partial charge in [-0.05, 0) is 31.2 Å². The molecule has 0 bridgehead atoms. The third-order valence-electron chi connectivity index (χ3n) is 4.61. The van der Waals surface area contributed by atoms with Crippen LogP contribution in [0.5, 0.6) is 0 Å². The predicted molar refractivity (Wildman–Crippen MR) is 90.7 cm³/mol. The molecule has 0 aliphatic heterocycles. The van der Waals surface area contributed by atoms with Gasteiger partial charge in [-0.1, -0.05) is 31.4 Å². The molecule has 130 valence electrons. The molecular formula is C17H21ClFN3O2. The first kappa shape index (κ1) is 18.5. The Morgan fingerprint density at radius 3 is 2.83 bits per heavy atom. The molecule has 0 spiro atoms. The highest BCUT2D eigenvalue weighted by molar-refractivity contribution is 6.32. The summed E-state index contributed by atoms with van der Waals surface area (Å²) in [6, 6.07) is 0.749. The molecule has 1 aromatic heterocycles. The number of esters is 1. The molecular weight excluding hydrogens is 333 g/mol. The smallest absolute Gasteiger partial charge is 0.307 e. The van der Waals surface area contributed by atoms with E-state index in [2.05, 4.69) is 22.1 Å². The van der Waals surface area contributed by atoms with Gasteiger partial charge in [0.2, 0.25) is 5.69 Å². The maximum Gasteiger partial charge on any atom is 0.307 e. The van der Waals surface area contributed by atoms with Gasteiger partial charge in [-0.25, -0.2) is 14.2 Å². The summed E-state index contributed by atoms with van der Waals surface area (Å²) in [5.41, 5.74) is -0.181. The van der Waals surface area contributed by atoms with Crippen molar-refractivity contribution in [3.63, 3.8) is 0 Å². The minimum atomic E-state index is -0.652. The van der Waals surface area contributed by atoms with Crippen molar-refractivity contribution in [1.82, 2.24) is 4.98 Å². The molecule has 1 aromatic rings. The van der Waals surface area contributed by atoms with E-state index in [1.165, 1.54) is 0 Å². The summed E-state index contributed by atoms with van der Waals surface area (Å²) in [5.74, 6) is -1.01. The Morgan fingerprint density at radius 1 is 1.58 bits per heavy atom. The zero-order chi connectivity index (χ0) is 17.7. The van der Waals surface area contributed by atoms with Crippen LogP contribution < -0.4 is 5.32 Å². The van der Waals surface area contributed by atoms with Gasteiger partial charge in [0.15, 0.2) is 11.6 Å². The molecule has 1 N–H and O–H groups in total. The maximum atomic E-state index is 14.2. The quantitative estimate of drug-likeness (QED) is 0.456. The number of pyridine rings is 1. The van der Waals surface area contributed by atoms with Crippen molar-refractivity contribution in [1.29, 1.82) is 0 Å². The lowest BCUT2D eigenvalue weighted by molar-refractivity contribution is -0.144. The Morgan fingerprint density at radius 2 is 2.25 bits per heavy atom. The van der Waals surface area contributed by atoms with Crippen LogP contribution in [0.1, 0.15) is 46.0 Å².